The zero-order valence-corrected chi connectivity index (χ0v) is 8.29. The van der Waals surface area contributed by atoms with Crippen LogP contribution < -0.4 is 0 Å². The zero-order valence-electron chi connectivity index (χ0n) is 8.29. The molecule has 0 aliphatic carbocycles. The Labute approximate surface area is 94.0 Å². The van der Waals surface area contributed by atoms with Gasteiger partial charge in [0.2, 0.25) is 0 Å². The van der Waals surface area contributed by atoms with Gasteiger partial charge in [0.15, 0.2) is 5.69 Å². The molecule has 0 aliphatic rings. The van der Waals surface area contributed by atoms with Gasteiger partial charge in [0.25, 0.3) is 0 Å². The third-order valence-corrected chi connectivity index (χ3v) is 1.98. The Bertz CT molecular complexity index is 537. The van der Waals surface area contributed by atoms with Crippen LogP contribution in [-0.2, 0) is 6.18 Å². The maximum Gasteiger partial charge on any atom is 0.433 e. The summed E-state index contributed by atoms with van der Waals surface area (Å²) >= 11 is 0. The molecule has 0 saturated carbocycles. The Kier molecular flexibility index (Phi) is 2.79. The lowest BCUT2D eigenvalue weighted by molar-refractivity contribution is -0.141. The van der Waals surface area contributed by atoms with Crippen molar-refractivity contribution in [3.05, 3.63) is 48.2 Å². The molecule has 0 saturated heterocycles. The number of aromatic nitrogens is 2. The van der Waals surface area contributed by atoms with Gasteiger partial charge < -0.3 is 0 Å². The van der Waals surface area contributed by atoms with Crippen LogP contribution in [0.15, 0.2) is 30.6 Å². The van der Waals surface area contributed by atoms with Gasteiger partial charge in [0.05, 0.1) is 0 Å². The first-order valence-electron chi connectivity index (χ1n) is 4.55. The molecule has 17 heavy (non-hydrogen) atoms. The molecular weight excluding hydrogens is 236 g/mol. The van der Waals surface area contributed by atoms with E-state index >= 15 is 0 Å². The Morgan fingerprint density at radius 1 is 1.06 bits per heavy atom. The monoisotopic (exact) mass is 241 g/mol. The molecule has 0 fully saturated rings. The highest BCUT2D eigenvalue weighted by Gasteiger charge is 2.33. The molecular formula is C11H5F4N2. The largest absolute Gasteiger partial charge is 0.433 e. The number of nitrogens with zero attached hydrogens (tertiary/aromatic N) is 2. The summed E-state index contributed by atoms with van der Waals surface area (Å²) < 4.78 is 50.4. The van der Waals surface area contributed by atoms with Crippen molar-refractivity contribution in [1.82, 2.24) is 9.97 Å². The smallest absolute Gasteiger partial charge is 0.253 e. The van der Waals surface area contributed by atoms with E-state index in [2.05, 4.69) is 9.97 Å². The van der Waals surface area contributed by atoms with Gasteiger partial charge in [-0.15, -0.1) is 0 Å². The third-order valence-electron chi connectivity index (χ3n) is 1.98. The molecule has 6 heteroatoms. The fraction of sp³-hybridized carbons (Fsp3) is 0.0909. The van der Waals surface area contributed by atoms with E-state index in [0.29, 0.717) is 0 Å². The normalized spacial score (nSPS) is 11.5. The average molecular weight is 241 g/mol. The Balaban J connectivity index is 2.51. The second-order valence-electron chi connectivity index (χ2n) is 3.16. The molecule has 87 valence electrons. The van der Waals surface area contributed by atoms with Crippen molar-refractivity contribution in [2.24, 2.45) is 0 Å². The third kappa shape index (κ3) is 2.41. The molecule has 0 spiro atoms. The van der Waals surface area contributed by atoms with E-state index in [9.17, 15) is 17.6 Å². The van der Waals surface area contributed by atoms with E-state index in [0.717, 1.165) is 12.3 Å². The van der Waals surface area contributed by atoms with Crippen molar-refractivity contribution in [3.8, 4) is 11.3 Å². The molecule has 1 radical (unpaired) electrons. The molecule has 0 bridgehead atoms. The fourth-order valence-electron chi connectivity index (χ4n) is 1.25. The van der Waals surface area contributed by atoms with Crippen molar-refractivity contribution >= 4 is 0 Å². The van der Waals surface area contributed by atoms with E-state index < -0.39 is 17.7 Å². The summed E-state index contributed by atoms with van der Waals surface area (Å²) in [5, 5.41) is 0. The topological polar surface area (TPSA) is 25.8 Å². The van der Waals surface area contributed by atoms with Gasteiger partial charge >= 0.3 is 6.18 Å². The van der Waals surface area contributed by atoms with E-state index in [1.165, 1.54) is 18.3 Å². The predicted octanol–water partition coefficient (Wildman–Crippen LogP) is 3.10. The second-order valence-corrected chi connectivity index (χ2v) is 3.16. The molecule has 2 aromatic heterocycles. The van der Waals surface area contributed by atoms with E-state index in [-0.39, 0.29) is 11.3 Å². The maximum atomic E-state index is 13.3. The van der Waals surface area contributed by atoms with Crippen LogP contribution in [0.1, 0.15) is 5.69 Å². The Hall–Kier alpha value is -1.98. The lowest BCUT2D eigenvalue weighted by Gasteiger charge is -2.06. The predicted molar refractivity (Wildman–Crippen MR) is 51.3 cm³/mol. The second kappa shape index (κ2) is 4.12. The van der Waals surface area contributed by atoms with Crippen LogP contribution in [0.5, 0.6) is 0 Å². The number of rotatable bonds is 1. The van der Waals surface area contributed by atoms with Gasteiger partial charge in [-0.25, -0.2) is 4.39 Å². The van der Waals surface area contributed by atoms with Gasteiger partial charge in [-0.1, -0.05) is 0 Å². The quantitative estimate of drug-likeness (QED) is 0.717. The molecule has 0 amide bonds. The first-order valence-corrected chi connectivity index (χ1v) is 4.55. The van der Waals surface area contributed by atoms with E-state index in [1.807, 2.05) is 6.07 Å². The Morgan fingerprint density at radius 3 is 2.47 bits per heavy atom. The van der Waals surface area contributed by atoms with Crippen molar-refractivity contribution in [2.45, 2.75) is 6.18 Å². The minimum Gasteiger partial charge on any atom is -0.253 e. The number of halogens is 4. The summed E-state index contributed by atoms with van der Waals surface area (Å²) in [6.45, 7) is 0. The summed E-state index contributed by atoms with van der Waals surface area (Å²) in [7, 11) is 0. The number of hydrogen-bond donors (Lipinski definition) is 0. The van der Waals surface area contributed by atoms with Crippen molar-refractivity contribution in [2.75, 3.05) is 0 Å². The highest BCUT2D eigenvalue weighted by Crippen LogP contribution is 2.29. The minimum atomic E-state index is -4.61. The first-order chi connectivity index (χ1) is 7.98. The summed E-state index contributed by atoms with van der Waals surface area (Å²) in [6, 6.07) is 5.69. The molecule has 0 aliphatic heterocycles. The Morgan fingerprint density at radius 2 is 1.82 bits per heavy atom. The van der Waals surface area contributed by atoms with Gasteiger partial charge in [-0.2, -0.15) is 13.2 Å². The number of hydrogen-bond acceptors (Lipinski definition) is 2. The molecule has 0 atom stereocenters. The molecule has 0 unspecified atom stereocenters. The van der Waals surface area contributed by atoms with Crippen LogP contribution >= 0.6 is 0 Å². The molecule has 2 nitrogen and oxygen atoms in total. The van der Waals surface area contributed by atoms with Crippen LogP contribution in [0.25, 0.3) is 11.3 Å². The van der Waals surface area contributed by atoms with Gasteiger partial charge in [0.1, 0.15) is 11.5 Å². The maximum absolute atomic E-state index is 13.3. The highest BCUT2D eigenvalue weighted by atomic mass is 19.4. The van der Waals surface area contributed by atoms with Crippen LogP contribution in [0.2, 0.25) is 0 Å². The van der Waals surface area contributed by atoms with E-state index in [1.54, 1.807) is 0 Å². The van der Waals surface area contributed by atoms with Crippen LogP contribution in [0.4, 0.5) is 17.6 Å². The summed E-state index contributed by atoms with van der Waals surface area (Å²) in [4.78, 5) is 6.81. The van der Waals surface area contributed by atoms with Crippen LogP contribution in [-0.4, -0.2) is 9.97 Å². The summed E-state index contributed by atoms with van der Waals surface area (Å²) in [6.07, 6.45) is -2.37. The van der Waals surface area contributed by atoms with Crippen LogP contribution in [0.3, 0.4) is 0 Å². The molecule has 2 aromatic rings. The fourth-order valence-corrected chi connectivity index (χ4v) is 1.25. The highest BCUT2D eigenvalue weighted by molar-refractivity contribution is 5.58. The first kappa shape index (κ1) is 11.5. The SMILES string of the molecule is Fc1cccnc1-c1[c]c(C(F)(F)F)ncc1. The molecule has 2 heterocycles. The lowest BCUT2D eigenvalue weighted by Crippen LogP contribution is -2.08. The van der Waals surface area contributed by atoms with Gasteiger partial charge in [-0.05, 0) is 18.2 Å². The molecule has 0 N–H and O–H groups in total. The van der Waals surface area contributed by atoms with Crippen molar-refractivity contribution in [1.29, 1.82) is 0 Å². The van der Waals surface area contributed by atoms with E-state index in [4.69, 9.17) is 0 Å². The number of pyridine rings is 2. The minimum absolute atomic E-state index is 0.0783. The standard InChI is InChI=1S/C11H5F4N2/c12-8-2-1-4-17-10(8)7-3-5-16-9(6-7)11(13,14)15/h1-5H. The van der Waals surface area contributed by atoms with Gasteiger partial charge in [-0.3, -0.25) is 9.97 Å². The van der Waals surface area contributed by atoms with Crippen molar-refractivity contribution in [3.63, 3.8) is 0 Å². The summed E-state index contributed by atoms with van der Waals surface area (Å²) in [5.74, 6) is -0.705. The average Bonchev–Trinajstić information content (AvgIpc) is 2.29. The zero-order chi connectivity index (χ0) is 12.5. The summed E-state index contributed by atoms with van der Waals surface area (Å²) in [5.41, 5.74) is -1.45. The molecule has 0 aromatic carbocycles. The number of alkyl halides is 3. The lowest BCUT2D eigenvalue weighted by atomic mass is 10.1. The molecule has 2 rings (SSSR count). The van der Waals surface area contributed by atoms with Crippen LogP contribution in [0, 0.1) is 11.9 Å². The van der Waals surface area contributed by atoms with Crippen molar-refractivity contribution < 1.29 is 17.6 Å². The van der Waals surface area contributed by atoms with Gasteiger partial charge in [0, 0.05) is 24.0 Å².